The number of aryl methyl sites for hydroxylation is 1. The minimum Gasteiger partial charge on any atom is -0.371 e. The molecule has 1 saturated heterocycles. The molecule has 7 nitrogen and oxygen atoms in total. The molecule has 1 aromatic heterocycles. The summed E-state index contributed by atoms with van der Waals surface area (Å²) in [5.74, 6) is 2.54. The maximum atomic E-state index is 12.5. The molecule has 2 unspecified atom stereocenters. The van der Waals surface area contributed by atoms with E-state index in [4.69, 9.17) is 4.99 Å². The van der Waals surface area contributed by atoms with E-state index < -0.39 is 9.84 Å². The number of fused-ring (bicyclic) bond motifs is 3. The first kappa shape index (κ1) is 23.1. The van der Waals surface area contributed by atoms with E-state index in [-0.39, 0.29) is 17.7 Å². The molecule has 34 heavy (non-hydrogen) atoms. The summed E-state index contributed by atoms with van der Waals surface area (Å²) in [5.41, 5.74) is 4.14. The third kappa shape index (κ3) is 4.36. The number of amidine groups is 1. The maximum absolute atomic E-state index is 12.5. The largest absolute Gasteiger partial charge is 0.371 e. The SMILES string of the molecule is CCS(=O)(=O)c1cccc(C2=CN=C(NCC3CCN(C)CC3)C3Nc4ncc(C)cc4C23)c1. The molecule has 8 heteroatoms. The number of rotatable bonds is 5. The van der Waals surface area contributed by atoms with Gasteiger partial charge in [-0.3, -0.25) is 0 Å². The zero-order valence-corrected chi connectivity index (χ0v) is 20.9. The average Bonchev–Trinajstić information content (AvgIpc) is 3.22. The van der Waals surface area contributed by atoms with Crippen molar-refractivity contribution in [3.05, 3.63) is 59.4 Å². The lowest BCUT2D eigenvalue weighted by Gasteiger charge is -2.32. The number of anilines is 1. The van der Waals surface area contributed by atoms with E-state index in [1.165, 1.54) is 12.8 Å². The van der Waals surface area contributed by atoms with Crippen LogP contribution in [0.1, 0.15) is 42.4 Å². The Balaban J connectivity index is 1.49. The van der Waals surface area contributed by atoms with Gasteiger partial charge in [-0.1, -0.05) is 25.1 Å². The van der Waals surface area contributed by atoms with E-state index in [0.717, 1.165) is 53.6 Å². The van der Waals surface area contributed by atoms with Crippen LogP contribution in [0.2, 0.25) is 0 Å². The Morgan fingerprint density at radius 2 is 2.00 bits per heavy atom. The van der Waals surface area contributed by atoms with Gasteiger partial charge in [0.15, 0.2) is 9.84 Å². The van der Waals surface area contributed by atoms with Crippen molar-refractivity contribution < 1.29 is 8.42 Å². The summed E-state index contributed by atoms with van der Waals surface area (Å²) in [7, 11) is -1.11. The molecule has 0 amide bonds. The van der Waals surface area contributed by atoms with E-state index in [9.17, 15) is 8.42 Å². The standard InChI is InChI=1S/C26H33N5O2S/c1-4-34(32,33)20-7-5-6-19(13-20)22-16-29-26(28-15-18-8-10-31(3)11-9-18)24-23(22)21-12-17(2)14-27-25(21)30-24/h5-7,12-14,16,18,23-24H,4,8-11,15H2,1-3H3,(H,27,30)(H,28,29). The number of nitrogens with zero attached hydrogens (tertiary/aromatic N) is 3. The Morgan fingerprint density at radius 3 is 2.76 bits per heavy atom. The van der Waals surface area contributed by atoms with Crippen LogP contribution in [-0.2, 0) is 9.84 Å². The summed E-state index contributed by atoms with van der Waals surface area (Å²) in [6, 6.07) is 9.39. The van der Waals surface area contributed by atoms with Crippen molar-refractivity contribution in [2.24, 2.45) is 10.9 Å². The first-order valence-corrected chi connectivity index (χ1v) is 13.8. The van der Waals surface area contributed by atoms with Gasteiger partial charge in [-0.2, -0.15) is 0 Å². The first-order chi connectivity index (χ1) is 16.4. The predicted molar refractivity (Wildman–Crippen MR) is 137 cm³/mol. The van der Waals surface area contributed by atoms with Gasteiger partial charge in [0.1, 0.15) is 11.7 Å². The van der Waals surface area contributed by atoms with Crippen molar-refractivity contribution in [3.8, 4) is 0 Å². The number of nitrogens with one attached hydrogen (secondary N) is 2. The number of piperidine rings is 1. The fourth-order valence-corrected chi connectivity index (χ4v) is 6.12. The lowest BCUT2D eigenvalue weighted by Crippen LogP contribution is -2.45. The molecule has 1 fully saturated rings. The van der Waals surface area contributed by atoms with Gasteiger partial charge in [-0.15, -0.1) is 0 Å². The third-order valence-corrected chi connectivity index (χ3v) is 9.04. The molecule has 5 rings (SSSR count). The molecule has 1 aromatic carbocycles. The van der Waals surface area contributed by atoms with Crippen LogP contribution in [0.5, 0.6) is 0 Å². The highest BCUT2D eigenvalue weighted by Gasteiger charge is 2.41. The smallest absolute Gasteiger partial charge is 0.178 e. The van der Waals surface area contributed by atoms with Crippen molar-refractivity contribution in [1.82, 2.24) is 15.2 Å². The number of sulfone groups is 1. The number of pyridine rings is 1. The van der Waals surface area contributed by atoms with E-state index in [2.05, 4.69) is 40.6 Å². The van der Waals surface area contributed by atoms with Gasteiger partial charge in [0.05, 0.1) is 16.7 Å². The molecular formula is C26H33N5O2S. The number of aliphatic imine (C=N–C) groups is 1. The summed E-state index contributed by atoms with van der Waals surface area (Å²) >= 11 is 0. The molecule has 4 heterocycles. The van der Waals surface area contributed by atoms with Gasteiger partial charge in [-0.05, 0) is 74.7 Å². The van der Waals surface area contributed by atoms with E-state index in [0.29, 0.717) is 10.8 Å². The summed E-state index contributed by atoms with van der Waals surface area (Å²) < 4.78 is 25.1. The zero-order valence-electron chi connectivity index (χ0n) is 20.1. The van der Waals surface area contributed by atoms with Gasteiger partial charge in [0.25, 0.3) is 0 Å². The molecule has 180 valence electrons. The molecule has 0 bridgehead atoms. The summed E-state index contributed by atoms with van der Waals surface area (Å²) in [6.45, 7) is 6.91. The van der Waals surface area contributed by atoms with Gasteiger partial charge in [-0.25, -0.2) is 18.4 Å². The first-order valence-electron chi connectivity index (χ1n) is 12.1. The van der Waals surface area contributed by atoms with Gasteiger partial charge in [0.2, 0.25) is 0 Å². The van der Waals surface area contributed by atoms with Crippen molar-refractivity contribution >= 4 is 27.1 Å². The minimum atomic E-state index is -3.29. The highest BCUT2D eigenvalue weighted by atomic mass is 32.2. The summed E-state index contributed by atoms with van der Waals surface area (Å²) in [6.07, 6.45) is 6.18. The van der Waals surface area contributed by atoms with E-state index in [1.807, 2.05) is 24.5 Å². The van der Waals surface area contributed by atoms with Crippen molar-refractivity contribution in [2.45, 2.75) is 43.5 Å². The van der Waals surface area contributed by atoms with Crippen LogP contribution in [0.3, 0.4) is 0 Å². The number of hydrogen-bond donors (Lipinski definition) is 2. The molecule has 2 atom stereocenters. The van der Waals surface area contributed by atoms with Crippen molar-refractivity contribution in [3.63, 3.8) is 0 Å². The lowest BCUT2D eigenvalue weighted by atomic mass is 9.82. The van der Waals surface area contributed by atoms with Crippen LogP contribution < -0.4 is 10.6 Å². The van der Waals surface area contributed by atoms with Crippen LogP contribution >= 0.6 is 0 Å². The fraction of sp³-hybridized carbons (Fsp3) is 0.462. The Bertz CT molecular complexity index is 1250. The second-order valence-corrected chi connectivity index (χ2v) is 12.0. The summed E-state index contributed by atoms with van der Waals surface area (Å²) in [4.78, 5) is 12.2. The lowest BCUT2D eigenvalue weighted by molar-refractivity contribution is 0.220. The van der Waals surface area contributed by atoms with Gasteiger partial charge in [0, 0.05) is 30.4 Å². The van der Waals surface area contributed by atoms with Crippen molar-refractivity contribution in [2.75, 3.05) is 37.8 Å². The Labute approximate surface area is 202 Å². The van der Waals surface area contributed by atoms with E-state index >= 15 is 0 Å². The van der Waals surface area contributed by atoms with Crippen LogP contribution in [0.4, 0.5) is 5.82 Å². The molecule has 0 spiro atoms. The second-order valence-electron chi connectivity index (χ2n) is 9.71. The quantitative estimate of drug-likeness (QED) is 0.683. The Morgan fingerprint density at radius 1 is 1.21 bits per heavy atom. The molecule has 0 saturated carbocycles. The molecule has 2 aromatic rings. The molecule has 3 aliphatic rings. The van der Waals surface area contributed by atoms with Crippen molar-refractivity contribution in [1.29, 1.82) is 0 Å². The maximum Gasteiger partial charge on any atom is 0.178 e. The second kappa shape index (κ2) is 9.15. The molecular weight excluding hydrogens is 446 g/mol. The minimum absolute atomic E-state index is 0.0134. The Hall–Kier alpha value is -2.71. The fourth-order valence-electron chi connectivity index (χ4n) is 5.19. The summed E-state index contributed by atoms with van der Waals surface area (Å²) in [5, 5.41) is 7.24. The van der Waals surface area contributed by atoms with Gasteiger partial charge < -0.3 is 15.5 Å². The average molecular weight is 480 g/mol. The molecule has 0 aliphatic carbocycles. The van der Waals surface area contributed by atoms with Crippen LogP contribution in [0, 0.1) is 12.8 Å². The van der Waals surface area contributed by atoms with E-state index in [1.54, 1.807) is 19.1 Å². The van der Waals surface area contributed by atoms with Crippen LogP contribution in [0.25, 0.3) is 5.57 Å². The van der Waals surface area contributed by atoms with Gasteiger partial charge >= 0.3 is 0 Å². The highest BCUT2D eigenvalue weighted by Crippen LogP contribution is 2.46. The zero-order chi connectivity index (χ0) is 23.9. The molecule has 0 radical (unpaired) electrons. The monoisotopic (exact) mass is 479 g/mol. The number of hydrogen-bond acceptors (Lipinski definition) is 7. The number of aromatic nitrogens is 1. The number of benzene rings is 1. The molecule has 2 N–H and O–H groups in total. The van der Waals surface area contributed by atoms with Crippen LogP contribution in [-0.4, -0.2) is 62.6 Å². The normalized spacial score (nSPS) is 22.9. The van der Waals surface area contributed by atoms with Crippen LogP contribution in [0.15, 0.2) is 52.6 Å². The molecule has 3 aliphatic heterocycles. The topological polar surface area (TPSA) is 86.7 Å². The Kier molecular flexibility index (Phi) is 6.20. The number of likely N-dealkylation sites (tertiary alicyclic amines) is 1. The predicted octanol–water partition coefficient (Wildman–Crippen LogP) is 3.45. The highest BCUT2D eigenvalue weighted by molar-refractivity contribution is 7.91. The third-order valence-electron chi connectivity index (χ3n) is 7.30.